The van der Waals surface area contributed by atoms with Crippen LogP contribution in [0.1, 0.15) is 6.42 Å². The van der Waals surface area contributed by atoms with E-state index in [4.69, 9.17) is 4.74 Å². The van der Waals surface area contributed by atoms with Crippen LogP contribution in [-0.2, 0) is 0 Å². The molecule has 8 heteroatoms. The molecule has 1 saturated heterocycles. The summed E-state index contributed by atoms with van der Waals surface area (Å²) in [5, 5.41) is 16.4. The van der Waals surface area contributed by atoms with Crippen molar-refractivity contribution >= 4 is 17.0 Å². The lowest BCUT2D eigenvalue weighted by molar-refractivity contribution is 0.415. The first-order valence-electron chi connectivity index (χ1n) is 10.3. The molecule has 1 atom stereocenters. The van der Waals surface area contributed by atoms with Crippen LogP contribution in [0.3, 0.4) is 0 Å². The maximum absolute atomic E-state index is 13.2. The van der Waals surface area contributed by atoms with E-state index in [9.17, 15) is 4.39 Å². The van der Waals surface area contributed by atoms with Crippen molar-refractivity contribution in [1.82, 2.24) is 19.8 Å². The molecule has 0 radical (unpaired) electrons. The number of methoxy groups -OCH3 is 1. The summed E-state index contributed by atoms with van der Waals surface area (Å²) in [5.41, 5.74) is 4.48. The van der Waals surface area contributed by atoms with Gasteiger partial charge in [-0.2, -0.15) is 9.61 Å². The highest BCUT2D eigenvalue weighted by atomic mass is 19.1. The highest BCUT2D eigenvalue weighted by molar-refractivity contribution is 5.73. The second kappa shape index (κ2) is 8.22. The van der Waals surface area contributed by atoms with Gasteiger partial charge >= 0.3 is 0 Å². The van der Waals surface area contributed by atoms with Crippen LogP contribution in [0, 0.1) is 11.7 Å². The van der Waals surface area contributed by atoms with Crippen LogP contribution in [0.15, 0.2) is 60.9 Å². The Kier molecular flexibility index (Phi) is 5.11. The first-order valence-corrected chi connectivity index (χ1v) is 10.3. The van der Waals surface area contributed by atoms with Crippen LogP contribution in [0.2, 0.25) is 0 Å². The Morgan fingerprint density at radius 2 is 1.94 bits per heavy atom. The molecule has 0 spiro atoms. The van der Waals surface area contributed by atoms with Gasteiger partial charge in [-0.05, 0) is 66.9 Å². The Balaban J connectivity index is 1.32. The quantitative estimate of drug-likeness (QED) is 0.513. The molecule has 0 amide bonds. The number of fused-ring (bicyclic) bond motifs is 1. The molecule has 5 rings (SSSR count). The molecule has 4 aromatic rings. The van der Waals surface area contributed by atoms with Gasteiger partial charge in [-0.15, -0.1) is 10.2 Å². The minimum atomic E-state index is -0.205. The largest absolute Gasteiger partial charge is 0.497 e. The molecule has 1 aliphatic rings. The first kappa shape index (κ1) is 19.3. The van der Waals surface area contributed by atoms with Gasteiger partial charge in [-0.3, -0.25) is 0 Å². The third kappa shape index (κ3) is 4.01. The van der Waals surface area contributed by atoms with E-state index in [1.54, 1.807) is 18.0 Å². The van der Waals surface area contributed by atoms with Crippen molar-refractivity contribution in [1.29, 1.82) is 0 Å². The Morgan fingerprint density at radius 1 is 1.13 bits per heavy atom. The fourth-order valence-corrected chi connectivity index (χ4v) is 4.00. The maximum atomic E-state index is 13.2. The van der Waals surface area contributed by atoms with Crippen molar-refractivity contribution in [2.45, 2.75) is 6.42 Å². The van der Waals surface area contributed by atoms with Crippen LogP contribution < -0.4 is 15.0 Å². The summed E-state index contributed by atoms with van der Waals surface area (Å²) >= 11 is 0. The van der Waals surface area contributed by atoms with E-state index >= 15 is 0 Å². The number of rotatable bonds is 6. The maximum Gasteiger partial charge on any atom is 0.200 e. The van der Waals surface area contributed by atoms with Crippen molar-refractivity contribution in [3.63, 3.8) is 0 Å². The van der Waals surface area contributed by atoms with Crippen LogP contribution in [0.5, 0.6) is 5.75 Å². The smallest absolute Gasteiger partial charge is 0.200 e. The monoisotopic (exact) mass is 418 g/mol. The number of hydrogen-bond acceptors (Lipinski definition) is 6. The molecule has 2 aromatic carbocycles. The van der Waals surface area contributed by atoms with E-state index in [0.29, 0.717) is 11.6 Å². The third-order valence-corrected chi connectivity index (χ3v) is 5.71. The molecule has 0 saturated carbocycles. The van der Waals surface area contributed by atoms with Crippen molar-refractivity contribution in [2.24, 2.45) is 5.92 Å². The van der Waals surface area contributed by atoms with Gasteiger partial charge in [0.2, 0.25) is 5.65 Å². The third-order valence-electron chi connectivity index (χ3n) is 5.71. The Labute approximate surface area is 179 Å². The van der Waals surface area contributed by atoms with Crippen molar-refractivity contribution in [2.75, 3.05) is 37.0 Å². The molecule has 3 heterocycles. The second-order valence-electron chi connectivity index (χ2n) is 7.73. The molecule has 7 nitrogen and oxygen atoms in total. The Bertz CT molecular complexity index is 1180. The van der Waals surface area contributed by atoms with Gasteiger partial charge in [0, 0.05) is 30.9 Å². The average Bonchev–Trinajstić information content (AvgIpc) is 3.48. The highest BCUT2D eigenvalue weighted by Gasteiger charge is 2.23. The standard InChI is InChI=1S/C23H23FN6O/c1-31-20-8-2-17(3-9-20)21-12-22(23-27-26-15-30(23)28-21)25-13-16-10-11-29(14-16)19-6-4-18(24)5-7-19/h2-9,12,15-16,25H,10-11,13-14H2,1H3. The lowest BCUT2D eigenvalue weighted by Crippen LogP contribution is -2.22. The Morgan fingerprint density at radius 3 is 2.71 bits per heavy atom. The SMILES string of the molecule is COc1ccc(-c2cc(NCC3CCN(c4ccc(F)cc4)C3)c3nncn3n2)cc1. The molecule has 1 N–H and O–H groups in total. The number of nitrogens with one attached hydrogen (secondary N) is 1. The normalized spacial score (nSPS) is 16.1. The van der Waals surface area contributed by atoms with Gasteiger partial charge in [0.25, 0.3) is 0 Å². The Hall–Kier alpha value is -3.68. The van der Waals surface area contributed by atoms with E-state index in [-0.39, 0.29) is 5.82 Å². The van der Waals surface area contributed by atoms with Gasteiger partial charge < -0.3 is 15.0 Å². The molecule has 1 aliphatic heterocycles. The molecule has 1 unspecified atom stereocenters. The molecule has 0 aliphatic carbocycles. The zero-order valence-corrected chi connectivity index (χ0v) is 17.2. The summed E-state index contributed by atoms with van der Waals surface area (Å²) in [6.07, 6.45) is 2.68. The molecule has 158 valence electrons. The van der Waals surface area contributed by atoms with E-state index in [1.807, 2.05) is 42.5 Å². The van der Waals surface area contributed by atoms with E-state index < -0.39 is 0 Å². The molecular formula is C23H23FN6O. The summed E-state index contributed by atoms with van der Waals surface area (Å²) in [5.74, 6) is 1.08. The van der Waals surface area contributed by atoms with Crippen molar-refractivity contribution in [3.8, 4) is 17.0 Å². The minimum absolute atomic E-state index is 0.205. The van der Waals surface area contributed by atoms with Gasteiger partial charge in [0.15, 0.2) is 0 Å². The summed E-state index contributed by atoms with van der Waals surface area (Å²) in [4.78, 5) is 2.30. The van der Waals surface area contributed by atoms with E-state index in [1.165, 1.54) is 12.1 Å². The number of aromatic nitrogens is 4. The number of halogens is 1. The van der Waals surface area contributed by atoms with Gasteiger partial charge in [-0.25, -0.2) is 4.39 Å². The molecular weight excluding hydrogens is 395 g/mol. The number of benzene rings is 2. The number of anilines is 2. The summed E-state index contributed by atoms with van der Waals surface area (Å²) in [7, 11) is 1.65. The number of nitrogens with zero attached hydrogens (tertiary/aromatic N) is 5. The lowest BCUT2D eigenvalue weighted by Gasteiger charge is -2.19. The summed E-state index contributed by atoms with van der Waals surface area (Å²) in [6, 6.07) is 16.5. The van der Waals surface area contributed by atoms with Gasteiger partial charge in [-0.1, -0.05) is 0 Å². The average molecular weight is 418 g/mol. The number of ether oxygens (including phenoxy) is 1. The van der Waals surface area contributed by atoms with Crippen LogP contribution in [0.25, 0.3) is 16.9 Å². The molecule has 1 fully saturated rings. The lowest BCUT2D eigenvalue weighted by atomic mass is 10.1. The van der Waals surface area contributed by atoms with Gasteiger partial charge in [0.1, 0.15) is 17.9 Å². The molecule has 2 aromatic heterocycles. The summed E-state index contributed by atoms with van der Waals surface area (Å²) < 4.78 is 20.1. The predicted octanol–water partition coefficient (Wildman–Crippen LogP) is 3.88. The van der Waals surface area contributed by atoms with E-state index in [0.717, 1.165) is 54.4 Å². The van der Waals surface area contributed by atoms with Gasteiger partial charge in [0.05, 0.1) is 18.5 Å². The predicted molar refractivity (Wildman–Crippen MR) is 118 cm³/mol. The fraction of sp³-hybridized carbons (Fsp3) is 0.261. The minimum Gasteiger partial charge on any atom is -0.497 e. The molecule has 31 heavy (non-hydrogen) atoms. The highest BCUT2D eigenvalue weighted by Crippen LogP contribution is 2.27. The first-order chi connectivity index (χ1) is 15.2. The van der Waals surface area contributed by atoms with Crippen LogP contribution in [-0.4, -0.2) is 46.6 Å². The van der Waals surface area contributed by atoms with Crippen LogP contribution in [0.4, 0.5) is 15.8 Å². The number of hydrogen-bond donors (Lipinski definition) is 1. The topological polar surface area (TPSA) is 67.6 Å². The van der Waals surface area contributed by atoms with Crippen molar-refractivity contribution < 1.29 is 9.13 Å². The van der Waals surface area contributed by atoms with Crippen LogP contribution >= 0.6 is 0 Å². The van der Waals surface area contributed by atoms with E-state index in [2.05, 4.69) is 25.5 Å². The zero-order chi connectivity index (χ0) is 21.2. The fourth-order valence-electron chi connectivity index (χ4n) is 4.00. The second-order valence-corrected chi connectivity index (χ2v) is 7.73. The molecule has 0 bridgehead atoms. The van der Waals surface area contributed by atoms with Crippen molar-refractivity contribution in [3.05, 3.63) is 66.7 Å². The zero-order valence-electron chi connectivity index (χ0n) is 17.2. The summed E-state index contributed by atoms with van der Waals surface area (Å²) in [6.45, 7) is 2.70.